The molecular formula is C21H17NO5. The molecule has 3 rings (SSSR count). The molecule has 0 fully saturated rings. The smallest absolute Gasteiger partial charge is 0.344 e. The molecule has 0 heterocycles. The number of hydrogen-bond acceptors (Lipinski definition) is 5. The Labute approximate surface area is 155 Å². The van der Waals surface area contributed by atoms with Crippen LogP contribution < -0.4 is 10.1 Å². The van der Waals surface area contributed by atoms with E-state index in [1.54, 1.807) is 36.4 Å². The first-order chi connectivity index (χ1) is 13.1. The van der Waals surface area contributed by atoms with E-state index >= 15 is 0 Å². The van der Waals surface area contributed by atoms with Gasteiger partial charge in [0.2, 0.25) is 0 Å². The van der Waals surface area contributed by atoms with Gasteiger partial charge in [-0.2, -0.15) is 0 Å². The first kappa shape index (κ1) is 18.1. The van der Waals surface area contributed by atoms with Crippen LogP contribution in [0.5, 0.6) is 5.75 Å². The summed E-state index contributed by atoms with van der Waals surface area (Å²) in [5.41, 5.74) is 0.344. The minimum absolute atomic E-state index is 0.335. The van der Waals surface area contributed by atoms with Gasteiger partial charge in [-0.1, -0.05) is 48.5 Å². The van der Waals surface area contributed by atoms with Crippen molar-refractivity contribution in [1.82, 2.24) is 5.32 Å². The van der Waals surface area contributed by atoms with Crippen molar-refractivity contribution in [2.45, 2.75) is 0 Å². The third kappa shape index (κ3) is 5.15. The van der Waals surface area contributed by atoms with Crippen LogP contribution >= 0.6 is 0 Å². The summed E-state index contributed by atoms with van der Waals surface area (Å²) >= 11 is 0. The minimum Gasteiger partial charge on any atom is -0.482 e. The van der Waals surface area contributed by atoms with Crippen molar-refractivity contribution in [2.75, 3.05) is 13.2 Å². The maximum absolute atomic E-state index is 11.8. The monoisotopic (exact) mass is 363 g/mol. The fourth-order valence-electron chi connectivity index (χ4n) is 2.41. The topological polar surface area (TPSA) is 81.7 Å². The maximum Gasteiger partial charge on any atom is 0.344 e. The third-order valence-corrected chi connectivity index (χ3v) is 3.73. The van der Waals surface area contributed by atoms with E-state index in [2.05, 4.69) is 5.32 Å². The molecule has 0 radical (unpaired) electrons. The Morgan fingerprint density at radius 3 is 2.26 bits per heavy atom. The largest absolute Gasteiger partial charge is 0.482 e. The van der Waals surface area contributed by atoms with Crippen molar-refractivity contribution < 1.29 is 23.9 Å². The number of hydrogen-bond donors (Lipinski definition) is 1. The van der Waals surface area contributed by atoms with E-state index in [0.29, 0.717) is 11.3 Å². The first-order valence-electron chi connectivity index (χ1n) is 8.28. The number of imide groups is 1. The van der Waals surface area contributed by atoms with Crippen LogP contribution in [0.1, 0.15) is 10.4 Å². The molecule has 0 unspecified atom stereocenters. The highest BCUT2D eigenvalue weighted by molar-refractivity contribution is 6.05. The molecule has 1 N–H and O–H groups in total. The molecule has 0 aliphatic heterocycles. The number of ether oxygens (including phenoxy) is 2. The van der Waals surface area contributed by atoms with Crippen LogP contribution in [0.25, 0.3) is 10.8 Å². The highest BCUT2D eigenvalue weighted by atomic mass is 16.6. The number of carbonyl (C=O) groups is 3. The Bertz CT molecular complexity index is 968. The molecule has 0 saturated heterocycles. The molecule has 0 saturated carbocycles. The fraction of sp³-hybridized carbons (Fsp3) is 0.0952. The first-order valence-corrected chi connectivity index (χ1v) is 8.28. The SMILES string of the molecule is O=C(COC(=O)COc1ccc2ccccc2c1)NC(=O)c1ccccc1. The summed E-state index contributed by atoms with van der Waals surface area (Å²) in [7, 11) is 0. The lowest BCUT2D eigenvalue weighted by molar-refractivity contribution is -0.150. The summed E-state index contributed by atoms with van der Waals surface area (Å²) in [5, 5.41) is 4.20. The zero-order chi connectivity index (χ0) is 19.1. The van der Waals surface area contributed by atoms with Crippen LogP contribution in [0.4, 0.5) is 0 Å². The van der Waals surface area contributed by atoms with Gasteiger partial charge in [-0.05, 0) is 35.0 Å². The molecule has 0 aliphatic rings. The standard InChI is InChI=1S/C21H17NO5/c23-19(22-21(25)16-7-2-1-3-8-16)13-27-20(24)14-26-18-11-10-15-6-4-5-9-17(15)12-18/h1-12H,13-14H2,(H,22,23,25). The number of carbonyl (C=O) groups excluding carboxylic acids is 3. The van der Waals surface area contributed by atoms with Gasteiger partial charge in [-0.25, -0.2) is 4.79 Å². The van der Waals surface area contributed by atoms with Gasteiger partial charge in [0.1, 0.15) is 5.75 Å². The molecule has 0 bridgehead atoms. The van der Waals surface area contributed by atoms with Crippen LogP contribution in [0.2, 0.25) is 0 Å². The van der Waals surface area contributed by atoms with Crippen molar-refractivity contribution in [3.05, 3.63) is 78.4 Å². The lowest BCUT2D eigenvalue weighted by Gasteiger charge is -2.08. The molecule has 0 atom stereocenters. The summed E-state index contributed by atoms with van der Waals surface area (Å²) < 4.78 is 10.2. The molecule has 3 aromatic rings. The maximum atomic E-state index is 11.8. The minimum atomic E-state index is -0.706. The second-order valence-electron chi connectivity index (χ2n) is 5.70. The summed E-state index contributed by atoms with van der Waals surface area (Å²) in [4.78, 5) is 35.3. The Kier molecular flexibility index (Phi) is 5.79. The summed E-state index contributed by atoms with van der Waals surface area (Å²) in [6, 6.07) is 21.5. The van der Waals surface area contributed by atoms with Crippen LogP contribution in [-0.4, -0.2) is 31.0 Å². The average molecular weight is 363 g/mol. The number of fused-ring (bicyclic) bond motifs is 1. The van der Waals surface area contributed by atoms with Gasteiger partial charge in [-0.3, -0.25) is 14.9 Å². The van der Waals surface area contributed by atoms with E-state index in [0.717, 1.165) is 10.8 Å². The van der Waals surface area contributed by atoms with E-state index < -0.39 is 24.4 Å². The van der Waals surface area contributed by atoms with Gasteiger partial charge in [0.05, 0.1) is 0 Å². The molecule has 3 aromatic carbocycles. The molecule has 6 nitrogen and oxygen atoms in total. The van der Waals surface area contributed by atoms with Crippen molar-refractivity contribution in [3.8, 4) is 5.75 Å². The fourth-order valence-corrected chi connectivity index (χ4v) is 2.41. The summed E-state index contributed by atoms with van der Waals surface area (Å²) in [5.74, 6) is -1.44. The van der Waals surface area contributed by atoms with E-state index in [4.69, 9.17) is 9.47 Å². The molecule has 27 heavy (non-hydrogen) atoms. The Morgan fingerprint density at radius 2 is 1.48 bits per heavy atom. The lowest BCUT2D eigenvalue weighted by atomic mass is 10.1. The Morgan fingerprint density at radius 1 is 0.778 bits per heavy atom. The predicted molar refractivity (Wildman–Crippen MR) is 99.3 cm³/mol. The predicted octanol–water partition coefficient (Wildman–Crippen LogP) is 2.72. The van der Waals surface area contributed by atoms with Crippen molar-refractivity contribution in [3.63, 3.8) is 0 Å². The lowest BCUT2D eigenvalue weighted by Crippen LogP contribution is -2.34. The molecule has 0 spiro atoms. The normalized spacial score (nSPS) is 10.2. The second-order valence-corrected chi connectivity index (χ2v) is 5.70. The van der Waals surface area contributed by atoms with E-state index in [9.17, 15) is 14.4 Å². The number of benzene rings is 3. The van der Waals surface area contributed by atoms with Crippen molar-refractivity contribution in [2.24, 2.45) is 0 Å². The zero-order valence-corrected chi connectivity index (χ0v) is 14.4. The molecule has 0 aromatic heterocycles. The summed E-state index contributed by atoms with van der Waals surface area (Å²) in [6.07, 6.45) is 0. The highest BCUT2D eigenvalue weighted by Gasteiger charge is 2.12. The highest BCUT2D eigenvalue weighted by Crippen LogP contribution is 2.20. The molecular weight excluding hydrogens is 346 g/mol. The number of rotatable bonds is 6. The average Bonchev–Trinajstić information content (AvgIpc) is 2.71. The summed E-state index contributed by atoms with van der Waals surface area (Å²) in [6.45, 7) is -0.892. The van der Waals surface area contributed by atoms with Gasteiger partial charge < -0.3 is 9.47 Å². The molecule has 2 amide bonds. The Balaban J connectivity index is 1.43. The van der Waals surface area contributed by atoms with Crippen LogP contribution in [-0.2, 0) is 14.3 Å². The van der Waals surface area contributed by atoms with Crippen LogP contribution in [0.15, 0.2) is 72.8 Å². The van der Waals surface area contributed by atoms with Gasteiger partial charge in [0, 0.05) is 5.56 Å². The van der Waals surface area contributed by atoms with Crippen LogP contribution in [0, 0.1) is 0 Å². The van der Waals surface area contributed by atoms with E-state index in [-0.39, 0.29) is 6.61 Å². The van der Waals surface area contributed by atoms with Gasteiger partial charge in [0.15, 0.2) is 13.2 Å². The van der Waals surface area contributed by atoms with Gasteiger partial charge in [-0.15, -0.1) is 0 Å². The zero-order valence-electron chi connectivity index (χ0n) is 14.4. The number of amides is 2. The molecule has 0 aliphatic carbocycles. The van der Waals surface area contributed by atoms with Crippen molar-refractivity contribution >= 4 is 28.6 Å². The molecule has 136 valence electrons. The van der Waals surface area contributed by atoms with Crippen molar-refractivity contribution in [1.29, 1.82) is 0 Å². The van der Waals surface area contributed by atoms with Gasteiger partial charge in [0.25, 0.3) is 11.8 Å². The quantitative estimate of drug-likeness (QED) is 0.681. The van der Waals surface area contributed by atoms with E-state index in [1.807, 2.05) is 36.4 Å². The van der Waals surface area contributed by atoms with Crippen LogP contribution in [0.3, 0.4) is 0 Å². The molecule has 6 heteroatoms. The Hall–Kier alpha value is -3.67. The van der Waals surface area contributed by atoms with Gasteiger partial charge >= 0.3 is 5.97 Å². The number of esters is 1. The third-order valence-electron chi connectivity index (χ3n) is 3.73. The van der Waals surface area contributed by atoms with E-state index in [1.165, 1.54) is 0 Å². The second kappa shape index (κ2) is 8.62. The number of nitrogens with one attached hydrogen (secondary N) is 1.